The zero-order valence-electron chi connectivity index (χ0n) is 16.9. The van der Waals surface area contributed by atoms with Crippen molar-refractivity contribution in [3.63, 3.8) is 0 Å². The third-order valence-corrected chi connectivity index (χ3v) is 4.64. The predicted molar refractivity (Wildman–Crippen MR) is 113 cm³/mol. The summed E-state index contributed by atoms with van der Waals surface area (Å²) in [5.41, 5.74) is 7.22. The summed E-state index contributed by atoms with van der Waals surface area (Å²) in [4.78, 5) is 33.2. The van der Waals surface area contributed by atoms with Crippen molar-refractivity contribution in [3.8, 4) is 17.1 Å². The van der Waals surface area contributed by atoms with Crippen LogP contribution in [0.4, 0.5) is 0 Å². The second-order valence-electron chi connectivity index (χ2n) is 7.46. The Morgan fingerprint density at radius 3 is 2.53 bits per heavy atom. The highest BCUT2D eigenvalue weighted by molar-refractivity contribution is 5.97. The van der Waals surface area contributed by atoms with Crippen LogP contribution >= 0.6 is 0 Å². The topological polar surface area (TPSA) is 123 Å². The fourth-order valence-corrected chi connectivity index (χ4v) is 3.20. The summed E-state index contributed by atoms with van der Waals surface area (Å²) in [6.45, 7) is 3.86. The van der Waals surface area contributed by atoms with Crippen LogP contribution in [-0.4, -0.2) is 43.6 Å². The molecule has 0 aliphatic carbocycles. The highest BCUT2D eigenvalue weighted by atomic mass is 16.3. The molecule has 0 fully saturated rings. The minimum Gasteiger partial charge on any atom is -0.381 e. The van der Waals surface area contributed by atoms with Crippen LogP contribution < -0.4 is 11.1 Å². The number of nitrogens with zero attached hydrogens (tertiary/aromatic N) is 3. The fraction of sp³-hybridized carbons (Fsp3) is 0.273. The van der Waals surface area contributed by atoms with Crippen molar-refractivity contribution in [1.29, 1.82) is 0 Å². The summed E-state index contributed by atoms with van der Waals surface area (Å²) in [5, 5.41) is 12.9. The standard InChI is InChI=1S/C22H25N5O3/c1-14(2)11-17(19(28)20(23)29)26-22(30)16-9-6-10-24-21(16)27-12-18(25-13-27)15-7-4-3-5-8-15/h3-10,12-14,17,19,28H,11H2,1-2H3,(H2,23,29)(H,26,30). The largest absolute Gasteiger partial charge is 0.381 e. The lowest BCUT2D eigenvalue weighted by molar-refractivity contribution is -0.127. The average molecular weight is 407 g/mol. The van der Waals surface area contributed by atoms with Crippen LogP contribution in [0.2, 0.25) is 0 Å². The van der Waals surface area contributed by atoms with Crippen LogP contribution in [0.5, 0.6) is 0 Å². The van der Waals surface area contributed by atoms with Gasteiger partial charge in [-0.25, -0.2) is 9.97 Å². The summed E-state index contributed by atoms with van der Waals surface area (Å²) >= 11 is 0. The Morgan fingerprint density at radius 2 is 1.87 bits per heavy atom. The summed E-state index contributed by atoms with van der Waals surface area (Å²) < 4.78 is 1.67. The molecule has 156 valence electrons. The molecule has 0 spiro atoms. The first-order chi connectivity index (χ1) is 14.4. The molecule has 8 nitrogen and oxygen atoms in total. The second kappa shape index (κ2) is 9.32. The number of aliphatic hydroxyl groups excluding tert-OH is 1. The quantitative estimate of drug-likeness (QED) is 0.526. The Morgan fingerprint density at radius 1 is 1.13 bits per heavy atom. The third-order valence-electron chi connectivity index (χ3n) is 4.64. The maximum absolute atomic E-state index is 13.0. The van der Waals surface area contributed by atoms with Gasteiger partial charge in [0.2, 0.25) is 5.91 Å². The molecule has 3 aromatic rings. The van der Waals surface area contributed by atoms with Crippen LogP contribution in [0.1, 0.15) is 30.6 Å². The molecule has 0 saturated heterocycles. The molecular weight excluding hydrogens is 382 g/mol. The van der Waals surface area contributed by atoms with E-state index in [-0.39, 0.29) is 5.92 Å². The summed E-state index contributed by atoms with van der Waals surface area (Å²) in [7, 11) is 0. The predicted octanol–water partition coefficient (Wildman–Crippen LogP) is 1.92. The van der Waals surface area contributed by atoms with Crippen molar-refractivity contribution < 1.29 is 14.7 Å². The van der Waals surface area contributed by atoms with Gasteiger partial charge in [-0.1, -0.05) is 44.2 Å². The molecule has 0 radical (unpaired) electrons. The first-order valence-corrected chi connectivity index (χ1v) is 9.70. The van der Waals surface area contributed by atoms with E-state index >= 15 is 0 Å². The highest BCUT2D eigenvalue weighted by Crippen LogP contribution is 2.20. The van der Waals surface area contributed by atoms with Crippen molar-refractivity contribution in [1.82, 2.24) is 19.9 Å². The van der Waals surface area contributed by atoms with Gasteiger partial charge in [0.15, 0.2) is 11.9 Å². The SMILES string of the molecule is CC(C)CC(NC(=O)c1cccnc1-n1cnc(-c2ccccc2)c1)C(O)C(N)=O. The van der Waals surface area contributed by atoms with Crippen LogP contribution in [0.25, 0.3) is 17.1 Å². The molecule has 0 saturated carbocycles. The van der Waals surface area contributed by atoms with E-state index in [1.807, 2.05) is 44.2 Å². The number of primary amides is 1. The normalized spacial score (nSPS) is 13.1. The second-order valence-corrected chi connectivity index (χ2v) is 7.46. The molecule has 2 unspecified atom stereocenters. The summed E-state index contributed by atoms with van der Waals surface area (Å²) in [6, 6.07) is 12.1. The molecule has 3 rings (SSSR count). The molecule has 0 aliphatic rings. The van der Waals surface area contributed by atoms with Gasteiger partial charge in [0, 0.05) is 18.0 Å². The van der Waals surface area contributed by atoms with Crippen molar-refractivity contribution in [2.75, 3.05) is 0 Å². The molecule has 8 heteroatoms. The smallest absolute Gasteiger partial charge is 0.255 e. The number of pyridine rings is 1. The zero-order valence-corrected chi connectivity index (χ0v) is 16.9. The molecule has 2 aromatic heterocycles. The van der Waals surface area contributed by atoms with E-state index in [2.05, 4.69) is 15.3 Å². The van der Waals surface area contributed by atoms with E-state index < -0.39 is 24.0 Å². The lowest BCUT2D eigenvalue weighted by Crippen LogP contribution is -2.50. The number of amides is 2. The molecule has 2 amide bonds. The Hall–Kier alpha value is -3.52. The Kier molecular flexibility index (Phi) is 6.58. The number of carbonyl (C=O) groups is 2. The minimum atomic E-state index is -1.48. The van der Waals surface area contributed by atoms with E-state index in [1.54, 1.807) is 35.4 Å². The van der Waals surface area contributed by atoms with E-state index in [4.69, 9.17) is 5.73 Å². The van der Waals surface area contributed by atoms with E-state index in [0.29, 0.717) is 17.8 Å². The van der Waals surface area contributed by atoms with Crippen LogP contribution in [0, 0.1) is 5.92 Å². The molecule has 30 heavy (non-hydrogen) atoms. The Balaban J connectivity index is 1.88. The molecular formula is C22H25N5O3. The number of nitrogens with two attached hydrogens (primary N) is 1. The molecule has 2 atom stereocenters. The molecule has 4 N–H and O–H groups in total. The first-order valence-electron chi connectivity index (χ1n) is 9.70. The lowest BCUT2D eigenvalue weighted by atomic mass is 9.98. The van der Waals surface area contributed by atoms with Gasteiger partial charge in [-0.3, -0.25) is 14.2 Å². The summed E-state index contributed by atoms with van der Waals surface area (Å²) in [6.07, 6.45) is 3.88. The summed E-state index contributed by atoms with van der Waals surface area (Å²) in [5.74, 6) is -0.810. The average Bonchev–Trinajstić information content (AvgIpc) is 3.23. The van der Waals surface area contributed by atoms with E-state index in [9.17, 15) is 14.7 Å². The monoisotopic (exact) mass is 407 g/mol. The van der Waals surface area contributed by atoms with Crippen molar-refractivity contribution in [2.45, 2.75) is 32.4 Å². The van der Waals surface area contributed by atoms with Gasteiger partial charge in [-0.15, -0.1) is 0 Å². The maximum Gasteiger partial charge on any atom is 0.255 e. The van der Waals surface area contributed by atoms with Gasteiger partial charge in [0.05, 0.1) is 17.3 Å². The van der Waals surface area contributed by atoms with Gasteiger partial charge in [-0.05, 0) is 24.5 Å². The number of benzene rings is 1. The number of imidazole rings is 1. The van der Waals surface area contributed by atoms with Crippen LogP contribution in [-0.2, 0) is 4.79 Å². The van der Waals surface area contributed by atoms with Gasteiger partial charge in [-0.2, -0.15) is 0 Å². The van der Waals surface area contributed by atoms with E-state index in [0.717, 1.165) is 11.3 Å². The van der Waals surface area contributed by atoms with Gasteiger partial charge < -0.3 is 16.2 Å². The van der Waals surface area contributed by atoms with E-state index in [1.165, 1.54) is 0 Å². The molecule has 1 aromatic carbocycles. The fourth-order valence-electron chi connectivity index (χ4n) is 3.20. The number of hydrogen-bond donors (Lipinski definition) is 3. The van der Waals surface area contributed by atoms with Gasteiger partial charge in [0.1, 0.15) is 6.33 Å². The Labute approximate surface area is 174 Å². The maximum atomic E-state index is 13.0. The number of rotatable bonds is 8. The number of aliphatic hydroxyl groups is 1. The highest BCUT2D eigenvalue weighted by Gasteiger charge is 2.28. The van der Waals surface area contributed by atoms with Crippen molar-refractivity contribution >= 4 is 11.8 Å². The molecule has 2 heterocycles. The Bertz CT molecular complexity index is 1020. The molecule has 0 aliphatic heterocycles. The van der Waals surface area contributed by atoms with Crippen LogP contribution in [0.3, 0.4) is 0 Å². The van der Waals surface area contributed by atoms with Crippen molar-refractivity contribution in [3.05, 3.63) is 66.7 Å². The number of hydrogen-bond acceptors (Lipinski definition) is 5. The molecule has 0 bridgehead atoms. The third kappa shape index (κ3) is 4.90. The first kappa shape index (κ1) is 21.2. The minimum absolute atomic E-state index is 0.139. The van der Waals surface area contributed by atoms with Gasteiger partial charge >= 0.3 is 0 Å². The van der Waals surface area contributed by atoms with Gasteiger partial charge in [0.25, 0.3) is 5.91 Å². The zero-order chi connectivity index (χ0) is 21.7. The lowest BCUT2D eigenvalue weighted by Gasteiger charge is -2.24. The number of carbonyl (C=O) groups excluding carboxylic acids is 2. The number of aromatic nitrogens is 3. The number of nitrogens with one attached hydrogen (secondary N) is 1. The van der Waals surface area contributed by atoms with Crippen LogP contribution in [0.15, 0.2) is 61.2 Å². The van der Waals surface area contributed by atoms with Crippen molar-refractivity contribution in [2.24, 2.45) is 11.7 Å².